The number of carbonyl (C=O) groups excluding carboxylic acids is 1. The average molecular weight is 421 g/mol. The molecule has 0 saturated carbocycles. The lowest BCUT2D eigenvalue weighted by Crippen LogP contribution is -2.41. The van der Waals surface area contributed by atoms with Gasteiger partial charge < -0.3 is 14.7 Å². The van der Waals surface area contributed by atoms with Crippen molar-refractivity contribution in [3.05, 3.63) is 87.5 Å². The van der Waals surface area contributed by atoms with Crippen LogP contribution in [0.3, 0.4) is 0 Å². The van der Waals surface area contributed by atoms with Crippen LogP contribution < -0.4 is 0 Å². The van der Waals surface area contributed by atoms with Gasteiger partial charge in [-0.2, -0.15) is 0 Å². The first-order valence-electron chi connectivity index (χ1n) is 9.93. The number of hydrogen-bond acceptors (Lipinski definition) is 6. The molecule has 0 radical (unpaired) electrons. The van der Waals surface area contributed by atoms with Crippen LogP contribution in [0.4, 0.5) is 0 Å². The third-order valence-corrected chi connectivity index (χ3v) is 6.16. The Morgan fingerprint density at radius 1 is 1.20 bits per heavy atom. The topological polar surface area (TPSA) is 62.1 Å². The fourth-order valence-electron chi connectivity index (χ4n) is 3.78. The van der Waals surface area contributed by atoms with Gasteiger partial charge in [-0.15, -0.1) is 0 Å². The summed E-state index contributed by atoms with van der Waals surface area (Å²) in [5.74, 6) is -0.401. The average Bonchev–Trinajstić information content (AvgIpc) is 3.02. The van der Waals surface area contributed by atoms with Crippen molar-refractivity contribution in [1.82, 2.24) is 4.90 Å². The molecule has 0 spiro atoms. The molecule has 0 aromatic heterocycles. The molecule has 2 aliphatic heterocycles. The summed E-state index contributed by atoms with van der Waals surface area (Å²) in [7, 11) is 0. The number of aliphatic hydroxyl groups is 1. The Balaban J connectivity index is 1.81. The number of aryl methyl sites for hydroxylation is 1. The number of aliphatic hydroxyl groups excluding tert-OH is 1. The molecule has 2 aliphatic rings. The Hall–Kier alpha value is -2.83. The Morgan fingerprint density at radius 2 is 1.97 bits per heavy atom. The van der Waals surface area contributed by atoms with Gasteiger partial charge in [0.1, 0.15) is 0 Å². The van der Waals surface area contributed by atoms with Gasteiger partial charge in [-0.25, -0.2) is 9.79 Å². The van der Waals surface area contributed by atoms with E-state index in [-0.39, 0.29) is 6.61 Å². The van der Waals surface area contributed by atoms with Gasteiger partial charge in [0, 0.05) is 4.91 Å². The fourth-order valence-corrected chi connectivity index (χ4v) is 4.90. The number of benzene rings is 2. The fraction of sp³-hybridized carbons (Fsp3) is 0.250. The highest BCUT2D eigenvalue weighted by Gasteiger charge is 2.45. The lowest BCUT2D eigenvalue weighted by Gasteiger charge is -2.36. The van der Waals surface area contributed by atoms with Gasteiger partial charge in [0.15, 0.2) is 11.4 Å². The third-order valence-electron chi connectivity index (χ3n) is 5.11. The van der Waals surface area contributed by atoms with Gasteiger partial charge >= 0.3 is 5.97 Å². The zero-order valence-corrected chi connectivity index (χ0v) is 18.0. The van der Waals surface area contributed by atoms with E-state index in [9.17, 15) is 9.90 Å². The van der Waals surface area contributed by atoms with E-state index in [2.05, 4.69) is 4.99 Å². The van der Waals surface area contributed by atoms with Crippen LogP contribution in [-0.2, 0) is 9.53 Å². The summed E-state index contributed by atoms with van der Waals surface area (Å²) in [4.78, 5) is 20.1. The molecule has 154 valence electrons. The van der Waals surface area contributed by atoms with Crippen molar-refractivity contribution < 1.29 is 14.6 Å². The highest BCUT2D eigenvalue weighted by atomic mass is 32.2. The van der Waals surface area contributed by atoms with Crippen LogP contribution in [0.1, 0.15) is 36.6 Å². The van der Waals surface area contributed by atoms with Crippen molar-refractivity contribution in [2.45, 2.75) is 33.0 Å². The monoisotopic (exact) mass is 420 g/mol. The third kappa shape index (κ3) is 3.80. The van der Waals surface area contributed by atoms with E-state index < -0.39 is 18.2 Å². The maximum Gasteiger partial charge on any atom is 0.338 e. The largest absolute Gasteiger partial charge is 0.463 e. The molecule has 2 atom stereocenters. The highest BCUT2D eigenvalue weighted by Crippen LogP contribution is 2.47. The summed E-state index contributed by atoms with van der Waals surface area (Å²) in [6.45, 7) is 5.90. The predicted molar refractivity (Wildman–Crippen MR) is 121 cm³/mol. The lowest BCUT2D eigenvalue weighted by atomic mass is 9.93. The molecule has 2 heterocycles. The second-order valence-electron chi connectivity index (χ2n) is 7.27. The predicted octanol–water partition coefficient (Wildman–Crippen LogP) is 4.65. The smallest absolute Gasteiger partial charge is 0.338 e. The van der Waals surface area contributed by atoms with Crippen LogP contribution in [-0.4, -0.2) is 34.0 Å². The molecule has 1 saturated heterocycles. The second kappa shape index (κ2) is 8.50. The molecule has 2 unspecified atom stereocenters. The zero-order chi connectivity index (χ0) is 21.3. The Kier molecular flexibility index (Phi) is 5.79. The number of allylic oxidation sites excluding steroid dienone is 1. The Bertz CT molecular complexity index is 1060. The number of thioether (sulfide) groups is 1. The van der Waals surface area contributed by atoms with Crippen molar-refractivity contribution in [2.24, 2.45) is 4.99 Å². The summed E-state index contributed by atoms with van der Waals surface area (Å²) in [6.07, 6.45) is 1.06. The molecule has 30 heavy (non-hydrogen) atoms. The van der Waals surface area contributed by atoms with Crippen molar-refractivity contribution in [3.63, 3.8) is 0 Å². The quantitative estimate of drug-likeness (QED) is 0.730. The number of aliphatic imine (C=N–C) groups is 1. The van der Waals surface area contributed by atoms with E-state index in [4.69, 9.17) is 4.74 Å². The van der Waals surface area contributed by atoms with Crippen molar-refractivity contribution in [3.8, 4) is 0 Å². The minimum atomic E-state index is -0.906. The van der Waals surface area contributed by atoms with Crippen LogP contribution >= 0.6 is 11.8 Å². The lowest BCUT2D eigenvalue weighted by molar-refractivity contribution is -0.139. The molecule has 0 aliphatic carbocycles. The van der Waals surface area contributed by atoms with E-state index in [1.54, 1.807) is 6.92 Å². The maximum atomic E-state index is 12.9. The number of rotatable bonds is 4. The molecular formula is C24H24N2O3S. The highest BCUT2D eigenvalue weighted by molar-refractivity contribution is 8.17. The molecule has 2 aromatic carbocycles. The second-order valence-corrected chi connectivity index (χ2v) is 8.31. The van der Waals surface area contributed by atoms with E-state index in [0.717, 1.165) is 21.6 Å². The molecule has 0 bridgehead atoms. The van der Waals surface area contributed by atoms with Gasteiger partial charge in [0.05, 0.1) is 23.9 Å². The number of amidine groups is 1. The summed E-state index contributed by atoms with van der Waals surface area (Å²) >= 11 is 1.43. The van der Waals surface area contributed by atoms with Crippen LogP contribution in [0.25, 0.3) is 6.08 Å². The first kappa shape index (κ1) is 20.4. The summed E-state index contributed by atoms with van der Waals surface area (Å²) in [6, 6.07) is 17.4. The Morgan fingerprint density at radius 3 is 2.67 bits per heavy atom. The van der Waals surface area contributed by atoms with E-state index in [0.29, 0.717) is 16.4 Å². The number of ether oxygens (including phenoxy) is 1. The number of esters is 1. The van der Waals surface area contributed by atoms with Gasteiger partial charge in [-0.05, 0) is 38.0 Å². The molecule has 2 aromatic rings. The summed E-state index contributed by atoms with van der Waals surface area (Å²) in [5.41, 5.74) is 4.09. The number of nitrogens with zero attached hydrogens (tertiary/aromatic N) is 2. The maximum absolute atomic E-state index is 12.9. The van der Waals surface area contributed by atoms with Crippen LogP contribution in [0, 0.1) is 6.92 Å². The Labute approximate surface area is 180 Å². The molecule has 0 amide bonds. The van der Waals surface area contributed by atoms with Crippen LogP contribution in [0.5, 0.6) is 0 Å². The molecule has 6 heteroatoms. The van der Waals surface area contributed by atoms with Crippen LogP contribution in [0.15, 0.2) is 75.8 Å². The van der Waals surface area contributed by atoms with Crippen molar-refractivity contribution in [2.75, 3.05) is 6.61 Å². The zero-order valence-electron chi connectivity index (χ0n) is 17.2. The SMILES string of the molecule is CCOC(=O)C1=C(C)N=C2S/C(=C/c3ccccc3)C(O)N2C1c1cccc(C)c1. The van der Waals surface area contributed by atoms with Gasteiger partial charge in [0.2, 0.25) is 0 Å². The summed E-state index contributed by atoms with van der Waals surface area (Å²) < 4.78 is 5.34. The summed E-state index contributed by atoms with van der Waals surface area (Å²) in [5, 5.41) is 11.9. The molecule has 5 nitrogen and oxygen atoms in total. The van der Waals surface area contributed by atoms with Gasteiger partial charge in [0.25, 0.3) is 0 Å². The van der Waals surface area contributed by atoms with E-state index in [1.165, 1.54) is 11.8 Å². The van der Waals surface area contributed by atoms with Crippen LogP contribution in [0.2, 0.25) is 0 Å². The minimum Gasteiger partial charge on any atom is -0.463 e. The number of fused-ring (bicyclic) bond motifs is 1. The van der Waals surface area contributed by atoms with Crippen molar-refractivity contribution in [1.29, 1.82) is 0 Å². The van der Waals surface area contributed by atoms with E-state index >= 15 is 0 Å². The number of carbonyl (C=O) groups is 1. The molecule has 4 rings (SSSR count). The first-order valence-corrected chi connectivity index (χ1v) is 10.7. The number of hydrogen-bond donors (Lipinski definition) is 1. The standard InChI is InChI=1S/C24H24N2O3S/c1-4-29-23(28)20-16(3)25-24-26(21(20)18-12-8-9-15(2)13-18)22(27)19(30-24)14-17-10-6-5-7-11-17/h5-14,21-22,27H,4H2,1-3H3/b19-14+. The minimum absolute atomic E-state index is 0.281. The van der Waals surface area contributed by atoms with Crippen molar-refractivity contribution >= 4 is 29.0 Å². The van der Waals surface area contributed by atoms with Gasteiger partial charge in [-0.1, -0.05) is 71.9 Å². The molecular weight excluding hydrogens is 396 g/mol. The molecule has 1 fully saturated rings. The van der Waals surface area contributed by atoms with E-state index in [1.807, 2.05) is 79.4 Å². The normalized spacial score (nSPS) is 22.2. The molecule has 1 N–H and O–H groups in total. The van der Waals surface area contributed by atoms with Gasteiger partial charge in [-0.3, -0.25) is 0 Å². The first-order chi connectivity index (χ1) is 14.5.